The minimum atomic E-state index is -1.05. The van der Waals surface area contributed by atoms with Crippen LogP contribution >= 0.6 is 11.6 Å². The van der Waals surface area contributed by atoms with E-state index >= 15 is 0 Å². The number of benzene rings is 2. The van der Waals surface area contributed by atoms with Crippen LogP contribution in [0.15, 0.2) is 66.9 Å². The molecule has 0 saturated heterocycles. The third kappa shape index (κ3) is 5.52. The Hall–Kier alpha value is -3.45. The maximum atomic E-state index is 12.9. The van der Waals surface area contributed by atoms with Crippen molar-refractivity contribution < 1.29 is 23.5 Å². The van der Waals surface area contributed by atoms with Crippen molar-refractivity contribution in [3.05, 3.63) is 83.4 Å². The third-order valence-corrected chi connectivity index (χ3v) is 4.11. The number of esters is 1. The van der Waals surface area contributed by atoms with E-state index in [1.807, 2.05) is 0 Å². The fraction of sp³-hybridized carbons (Fsp3) is 0.0952. The molecular weight excluding hydrogens is 399 g/mol. The second-order valence-electron chi connectivity index (χ2n) is 5.96. The lowest BCUT2D eigenvalue weighted by Crippen LogP contribution is -2.30. The summed E-state index contributed by atoms with van der Waals surface area (Å²) in [5.41, 5.74) is 0.569. The van der Waals surface area contributed by atoms with Crippen LogP contribution in [-0.2, 0) is 9.53 Å². The number of nitrogens with one attached hydrogen (secondary N) is 1. The molecule has 1 aromatic heterocycles. The van der Waals surface area contributed by atoms with Crippen molar-refractivity contribution in [2.24, 2.45) is 0 Å². The molecule has 0 aliphatic carbocycles. The van der Waals surface area contributed by atoms with E-state index in [0.717, 1.165) is 0 Å². The number of halogens is 2. The molecule has 148 valence electrons. The minimum Gasteiger partial charge on any atom is -0.457 e. The van der Waals surface area contributed by atoms with Gasteiger partial charge in [0.2, 0.25) is 0 Å². The monoisotopic (exact) mass is 414 g/mol. The van der Waals surface area contributed by atoms with Crippen LogP contribution in [0.3, 0.4) is 0 Å². The normalized spacial score (nSPS) is 11.4. The second-order valence-corrected chi connectivity index (χ2v) is 6.32. The van der Waals surface area contributed by atoms with Crippen molar-refractivity contribution in [3.8, 4) is 11.5 Å². The summed E-state index contributed by atoms with van der Waals surface area (Å²) in [6.07, 6.45) is 0.444. The summed E-state index contributed by atoms with van der Waals surface area (Å²) >= 11 is 5.89. The molecule has 6 nitrogen and oxygen atoms in total. The van der Waals surface area contributed by atoms with E-state index in [9.17, 15) is 14.0 Å². The number of carbonyl (C=O) groups excluding carboxylic acids is 2. The van der Waals surface area contributed by atoms with Crippen LogP contribution in [0.2, 0.25) is 5.15 Å². The van der Waals surface area contributed by atoms with E-state index in [1.54, 1.807) is 24.3 Å². The van der Waals surface area contributed by atoms with Gasteiger partial charge in [-0.05, 0) is 67.6 Å². The number of amides is 1. The zero-order chi connectivity index (χ0) is 20.8. The van der Waals surface area contributed by atoms with Crippen molar-refractivity contribution in [2.75, 3.05) is 5.32 Å². The minimum absolute atomic E-state index is 0.135. The lowest BCUT2D eigenvalue weighted by atomic mass is 10.2. The largest absolute Gasteiger partial charge is 0.457 e. The number of aromatic nitrogens is 1. The maximum absolute atomic E-state index is 12.9. The standard InChI is InChI=1S/C21H16ClFN2O4/c1-13(20(26)25-18-3-2-12-24-19(18)22)28-21(27)14-4-8-16(9-5-14)29-17-10-6-15(23)7-11-17/h2-13H,1H3,(H,25,26). The summed E-state index contributed by atoms with van der Waals surface area (Å²) in [5.74, 6) is -0.645. The number of hydrogen-bond donors (Lipinski definition) is 1. The zero-order valence-corrected chi connectivity index (χ0v) is 16.0. The highest BCUT2D eigenvalue weighted by Gasteiger charge is 2.20. The number of rotatable bonds is 6. The Labute approximate surface area is 171 Å². The van der Waals surface area contributed by atoms with Crippen LogP contribution in [0.25, 0.3) is 0 Å². The number of anilines is 1. The van der Waals surface area contributed by atoms with Gasteiger partial charge >= 0.3 is 5.97 Å². The molecule has 0 aliphatic rings. The van der Waals surface area contributed by atoms with Crippen molar-refractivity contribution >= 4 is 29.2 Å². The number of carbonyl (C=O) groups is 2. The lowest BCUT2D eigenvalue weighted by Gasteiger charge is -2.14. The van der Waals surface area contributed by atoms with E-state index in [2.05, 4.69) is 10.3 Å². The van der Waals surface area contributed by atoms with Gasteiger partial charge in [-0.25, -0.2) is 14.2 Å². The molecule has 0 saturated carbocycles. The summed E-state index contributed by atoms with van der Waals surface area (Å²) in [6.45, 7) is 1.45. The Morgan fingerprint density at radius 1 is 1.03 bits per heavy atom. The molecule has 1 atom stereocenters. The highest BCUT2D eigenvalue weighted by atomic mass is 35.5. The van der Waals surface area contributed by atoms with Crippen molar-refractivity contribution in [2.45, 2.75) is 13.0 Å². The van der Waals surface area contributed by atoms with E-state index in [-0.39, 0.29) is 16.5 Å². The van der Waals surface area contributed by atoms with E-state index in [0.29, 0.717) is 17.2 Å². The fourth-order valence-electron chi connectivity index (χ4n) is 2.29. The van der Waals surface area contributed by atoms with Gasteiger partial charge in [-0.3, -0.25) is 4.79 Å². The van der Waals surface area contributed by atoms with Gasteiger partial charge in [-0.1, -0.05) is 11.6 Å². The maximum Gasteiger partial charge on any atom is 0.338 e. The van der Waals surface area contributed by atoms with E-state index < -0.39 is 18.0 Å². The predicted octanol–water partition coefficient (Wildman–Crippen LogP) is 4.85. The van der Waals surface area contributed by atoms with Crippen molar-refractivity contribution in [1.29, 1.82) is 0 Å². The Morgan fingerprint density at radius 2 is 1.66 bits per heavy atom. The average Bonchev–Trinajstić information content (AvgIpc) is 2.72. The molecule has 2 aromatic carbocycles. The Kier molecular flexibility index (Phi) is 6.41. The van der Waals surface area contributed by atoms with Crippen LogP contribution in [0.5, 0.6) is 11.5 Å². The topological polar surface area (TPSA) is 77.5 Å². The van der Waals surface area contributed by atoms with Crippen LogP contribution in [0, 0.1) is 5.82 Å². The highest BCUT2D eigenvalue weighted by Crippen LogP contribution is 2.22. The number of pyridine rings is 1. The molecule has 3 aromatic rings. The SMILES string of the molecule is CC(OC(=O)c1ccc(Oc2ccc(F)cc2)cc1)C(=O)Nc1cccnc1Cl. The molecule has 1 unspecified atom stereocenters. The molecule has 0 spiro atoms. The predicted molar refractivity (Wildman–Crippen MR) is 106 cm³/mol. The van der Waals surface area contributed by atoms with Gasteiger partial charge in [0.05, 0.1) is 11.3 Å². The summed E-state index contributed by atoms with van der Waals surface area (Å²) in [6, 6.07) is 14.9. The first-order valence-electron chi connectivity index (χ1n) is 8.58. The average molecular weight is 415 g/mol. The molecule has 1 amide bonds. The smallest absolute Gasteiger partial charge is 0.338 e. The van der Waals surface area contributed by atoms with Crippen molar-refractivity contribution in [1.82, 2.24) is 4.98 Å². The molecular formula is C21H16ClFN2O4. The summed E-state index contributed by atoms with van der Waals surface area (Å²) in [5, 5.41) is 2.69. The van der Waals surface area contributed by atoms with Gasteiger partial charge in [0, 0.05) is 6.20 Å². The Bertz CT molecular complexity index is 1010. The first kappa shape index (κ1) is 20.3. The number of nitrogens with zero attached hydrogens (tertiary/aromatic N) is 1. The quantitative estimate of drug-likeness (QED) is 0.461. The van der Waals surface area contributed by atoms with Gasteiger partial charge < -0.3 is 14.8 Å². The summed E-state index contributed by atoms with van der Waals surface area (Å²) in [4.78, 5) is 28.3. The molecule has 1 heterocycles. The van der Waals surface area contributed by atoms with Gasteiger partial charge in [0.15, 0.2) is 11.3 Å². The molecule has 3 rings (SSSR count). The van der Waals surface area contributed by atoms with Crippen LogP contribution in [0.4, 0.5) is 10.1 Å². The Morgan fingerprint density at radius 3 is 2.28 bits per heavy atom. The fourth-order valence-corrected chi connectivity index (χ4v) is 2.46. The molecule has 8 heteroatoms. The van der Waals surface area contributed by atoms with Crippen LogP contribution in [0.1, 0.15) is 17.3 Å². The van der Waals surface area contributed by atoms with Gasteiger partial charge in [-0.15, -0.1) is 0 Å². The van der Waals surface area contributed by atoms with Crippen LogP contribution < -0.4 is 10.1 Å². The molecule has 0 aliphatic heterocycles. The third-order valence-electron chi connectivity index (χ3n) is 3.81. The molecule has 0 fully saturated rings. The highest BCUT2D eigenvalue weighted by molar-refractivity contribution is 6.32. The molecule has 0 radical (unpaired) electrons. The number of ether oxygens (including phenoxy) is 2. The zero-order valence-electron chi connectivity index (χ0n) is 15.3. The van der Waals surface area contributed by atoms with E-state index in [4.69, 9.17) is 21.1 Å². The van der Waals surface area contributed by atoms with Crippen molar-refractivity contribution in [3.63, 3.8) is 0 Å². The summed E-state index contributed by atoms with van der Waals surface area (Å²) in [7, 11) is 0. The molecule has 0 bridgehead atoms. The first-order chi connectivity index (χ1) is 13.9. The molecule has 1 N–H and O–H groups in total. The lowest BCUT2D eigenvalue weighted by molar-refractivity contribution is -0.123. The van der Waals surface area contributed by atoms with Gasteiger partial charge in [-0.2, -0.15) is 0 Å². The second kappa shape index (κ2) is 9.16. The van der Waals surface area contributed by atoms with Gasteiger partial charge in [0.25, 0.3) is 5.91 Å². The first-order valence-corrected chi connectivity index (χ1v) is 8.96. The Balaban J connectivity index is 1.57. The van der Waals surface area contributed by atoms with E-state index in [1.165, 1.54) is 49.5 Å². The van der Waals surface area contributed by atoms with Gasteiger partial charge in [0.1, 0.15) is 17.3 Å². The number of hydrogen-bond acceptors (Lipinski definition) is 5. The molecule has 29 heavy (non-hydrogen) atoms. The van der Waals surface area contributed by atoms with Crippen LogP contribution in [-0.4, -0.2) is 23.0 Å². The summed E-state index contributed by atoms with van der Waals surface area (Å²) < 4.78 is 23.7.